The molecule has 0 saturated heterocycles. The Labute approximate surface area is 123 Å². The van der Waals surface area contributed by atoms with Crippen LogP contribution in [0.2, 0.25) is 5.02 Å². The molecular formula is C12H10ClN3O3S. The molecule has 0 radical (unpaired) electrons. The van der Waals surface area contributed by atoms with Gasteiger partial charge in [-0.25, -0.2) is 14.6 Å². The third-order valence-electron chi connectivity index (χ3n) is 2.30. The van der Waals surface area contributed by atoms with Crippen LogP contribution < -0.4 is 10.6 Å². The fraction of sp³-hybridized carbons (Fsp3) is 0.0833. The molecule has 0 unspecified atom stereocenters. The number of halogens is 1. The second kappa shape index (κ2) is 5.89. The molecule has 6 nitrogen and oxygen atoms in total. The Bertz CT molecular complexity index is 672. The molecule has 3 N–H and O–H groups in total. The van der Waals surface area contributed by atoms with Gasteiger partial charge in [0.05, 0.1) is 16.3 Å². The Morgan fingerprint density at radius 3 is 2.65 bits per heavy atom. The zero-order valence-electron chi connectivity index (χ0n) is 10.3. The lowest BCUT2D eigenvalue weighted by Gasteiger charge is -2.07. The molecule has 2 amide bonds. The van der Waals surface area contributed by atoms with Crippen molar-refractivity contribution in [2.75, 3.05) is 10.6 Å². The number of aromatic nitrogens is 1. The molecule has 0 aliphatic heterocycles. The number of aromatic carboxylic acids is 1. The first-order valence-corrected chi connectivity index (χ1v) is 6.74. The Kier molecular flexibility index (Phi) is 4.21. The van der Waals surface area contributed by atoms with Gasteiger partial charge in [-0.05, 0) is 25.1 Å². The van der Waals surface area contributed by atoms with E-state index >= 15 is 0 Å². The van der Waals surface area contributed by atoms with Crippen LogP contribution in [0.1, 0.15) is 16.1 Å². The maximum absolute atomic E-state index is 11.7. The minimum atomic E-state index is -1.12. The lowest BCUT2D eigenvalue weighted by molar-refractivity contribution is 0.0697. The van der Waals surface area contributed by atoms with Crippen LogP contribution in [0.3, 0.4) is 0 Å². The summed E-state index contributed by atoms with van der Waals surface area (Å²) in [7, 11) is 0. The SMILES string of the molecule is Cc1csc(NC(=O)Nc2ccc(C(=O)O)c(Cl)c2)n1. The number of carboxylic acids is 1. The zero-order valence-corrected chi connectivity index (χ0v) is 11.9. The molecule has 0 aliphatic carbocycles. The van der Waals surface area contributed by atoms with Crippen molar-refractivity contribution in [1.29, 1.82) is 0 Å². The number of thiazole rings is 1. The fourth-order valence-corrected chi connectivity index (χ4v) is 2.38. The summed E-state index contributed by atoms with van der Waals surface area (Å²) in [6.45, 7) is 1.82. The lowest BCUT2D eigenvalue weighted by atomic mass is 10.2. The first-order valence-electron chi connectivity index (χ1n) is 5.48. The molecule has 104 valence electrons. The number of anilines is 2. The topological polar surface area (TPSA) is 91.3 Å². The number of amides is 2. The number of aryl methyl sites for hydroxylation is 1. The van der Waals surface area contributed by atoms with Crippen molar-refractivity contribution < 1.29 is 14.7 Å². The second-order valence-corrected chi connectivity index (χ2v) is 5.14. The summed E-state index contributed by atoms with van der Waals surface area (Å²) in [5, 5.41) is 16.3. The number of carbonyl (C=O) groups excluding carboxylic acids is 1. The number of hydrogen-bond acceptors (Lipinski definition) is 4. The molecule has 2 aromatic rings. The Morgan fingerprint density at radius 2 is 2.10 bits per heavy atom. The highest BCUT2D eigenvalue weighted by molar-refractivity contribution is 7.13. The van der Waals surface area contributed by atoms with Crippen LogP contribution in [-0.4, -0.2) is 22.1 Å². The van der Waals surface area contributed by atoms with E-state index < -0.39 is 12.0 Å². The predicted molar refractivity (Wildman–Crippen MR) is 77.9 cm³/mol. The highest BCUT2D eigenvalue weighted by atomic mass is 35.5. The third kappa shape index (κ3) is 3.46. The molecule has 0 saturated carbocycles. The van der Waals surface area contributed by atoms with Crippen molar-refractivity contribution in [1.82, 2.24) is 4.98 Å². The highest BCUT2D eigenvalue weighted by Gasteiger charge is 2.10. The average molecular weight is 312 g/mol. The number of benzene rings is 1. The van der Waals surface area contributed by atoms with E-state index in [0.717, 1.165) is 5.69 Å². The van der Waals surface area contributed by atoms with Gasteiger partial charge in [-0.15, -0.1) is 11.3 Å². The minimum Gasteiger partial charge on any atom is -0.478 e. The van der Waals surface area contributed by atoms with Crippen LogP contribution >= 0.6 is 22.9 Å². The number of urea groups is 1. The fourth-order valence-electron chi connectivity index (χ4n) is 1.44. The van der Waals surface area contributed by atoms with Gasteiger partial charge in [-0.1, -0.05) is 11.6 Å². The molecule has 2 rings (SSSR count). The molecule has 0 aliphatic rings. The normalized spacial score (nSPS) is 10.1. The second-order valence-electron chi connectivity index (χ2n) is 3.87. The molecule has 20 heavy (non-hydrogen) atoms. The van der Waals surface area contributed by atoms with Crippen LogP contribution in [0.15, 0.2) is 23.6 Å². The van der Waals surface area contributed by atoms with Crippen molar-refractivity contribution in [3.63, 3.8) is 0 Å². The standard InChI is InChI=1S/C12H10ClN3O3S/c1-6-5-20-12(14-6)16-11(19)15-7-2-3-8(10(17)18)9(13)4-7/h2-5H,1H3,(H,17,18)(H2,14,15,16,19). The zero-order chi connectivity index (χ0) is 14.7. The molecular weight excluding hydrogens is 302 g/mol. The minimum absolute atomic E-state index is 0.0202. The number of nitrogens with zero attached hydrogens (tertiary/aromatic N) is 1. The van der Waals surface area contributed by atoms with E-state index in [1.54, 1.807) is 0 Å². The Balaban J connectivity index is 2.04. The van der Waals surface area contributed by atoms with Gasteiger partial charge in [-0.2, -0.15) is 0 Å². The van der Waals surface area contributed by atoms with Crippen molar-refractivity contribution in [3.05, 3.63) is 39.9 Å². The Morgan fingerprint density at radius 1 is 1.35 bits per heavy atom. The van der Waals surface area contributed by atoms with E-state index in [9.17, 15) is 9.59 Å². The maximum Gasteiger partial charge on any atom is 0.337 e. The average Bonchev–Trinajstić information content (AvgIpc) is 2.74. The Hall–Kier alpha value is -2.12. The number of carboxylic acid groups (broad SMARTS) is 1. The number of carbonyl (C=O) groups is 2. The first-order chi connectivity index (χ1) is 9.45. The van der Waals surface area contributed by atoms with Gasteiger partial charge in [0.15, 0.2) is 5.13 Å². The summed E-state index contributed by atoms with van der Waals surface area (Å²) in [5.41, 5.74) is 1.19. The number of hydrogen-bond donors (Lipinski definition) is 3. The van der Waals surface area contributed by atoms with Crippen LogP contribution in [0.4, 0.5) is 15.6 Å². The van der Waals surface area contributed by atoms with E-state index in [0.29, 0.717) is 10.8 Å². The highest BCUT2D eigenvalue weighted by Crippen LogP contribution is 2.21. The van der Waals surface area contributed by atoms with Crippen molar-refractivity contribution in [2.24, 2.45) is 0 Å². The van der Waals surface area contributed by atoms with Crippen LogP contribution in [0, 0.1) is 6.92 Å². The predicted octanol–water partition coefficient (Wildman–Crippen LogP) is 3.45. The van der Waals surface area contributed by atoms with Gasteiger partial charge < -0.3 is 10.4 Å². The van der Waals surface area contributed by atoms with Gasteiger partial charge in [0.2, 0.25) is 0 Å². The third-order valence-corrected chi connectivity index (χ3v) is 3.49. The molecule has 1 aromatic carbocycles. The van der Waals surface area contributed by atoms with E-state index in [1.165, 1.54) is 29.5 Å². The van der Waals surface area contributed by atoms with E-state index in [-0.39, 0.29) is 10.6 Å². The van der Waals surface area contributed by atoms with Crippen molar-refractivity contribution in [3.8, 4) is 0 Å². The molecule has 0 spiro atoms. The van der Waals surface area contributed by atoms with E-state index in [2.05, 4.69) is 15.6 Å². The number of rotatable bonds is 3. The molecule has 0 atom stereocenters. The van der Waals surface area contributed by atoms with E-state index in [4.69, 9.17) is 16.7 Å². The molecule has 1 aromatic heterocycles. The number of nitrogens with one attached hydrogen (secondary N) is 2. The monoisotopic (exact) mass is 311 g/mol. The summed E-state index contributed by atoms with van der Waals surface area (Å²) >= 11 is 7.12. The smallest absolute Gasteiger partial charge is 0.337 e. The maximum atomic E-state index is 11.7. The molecule has 8 heteroatoms. The molecule has 0 bridgehead atoms. The van der Waals surface area contributed by atoms with Gasteiger partial charge in [-0.3, -0.25) is 5.32 Å². The van der Waals surface area contributed by atoms with Crippen LogP contribution in [0.5, 0.6) is 0 Å². The first kappa shape index (κ1) is 14.3. The lowest BCUT2D eigenvalue weighted by Crippen LogP contribution is -2.19. The van der Waals surface area contributed by atoms with Crippen LogP contribution in [0.25, 0.3) is 0 Å². The molecule has 1 heterocycles. The van der Waals surface area contributed by atoms with Crippen molar-refractivity contribution in [2.45, 2.75) is 6.92 Å². The summed E-state index contributed by atoms with van der Waals surface area (Å²) < 4.78 is 0. The van der Waals surface area contributed by atoms with Gasteiger partial charge >= 0.3 is 12.0 Å². The van der Waals surface area contributed by atoms with Crippen molar-refractivity contribution >= 4 is 45.8 Å². The quantitative estimate of drug-likeness (QED) is 0.809. The van der Waals surface area contributed by atoms with E-state index in [1.807, 2.05) is 12.3 Å². The molecule has 0 fully saturated rings. The van der Waals surface area contributed by atoms with Gasteiger partial charge in [0.1, 0.15) is 0 Å². The summed E-state index contributed by atoms with van der Waals surface area (Å²) in [4.78, 5) is 26.6. The summed E-state index contributed by atoms with van der Waals surface area (Å²) in [6.07, 6.45) is 0. The summed E-state index contributed by atoms with van der Waals surface area (Å²) in [5.74, 6) is -1.12. The summed E-state index contributed by atoms with van der Waals surface area (Å²) in [6, 6.07) is 3.69. The van der Waals surface area contributed by atoms with Crippen LogP contribution in [-0.2, 0) is 0 Å². The van der Waals surface area contributed by atoms with Gasteiger partial charge in [0.25, 0.3) is 0 Å². The van der Waals surface area contributed by atoms with Gasteiger partial charge in [0, 0.05) is 11.1 Å². The largest absolute Gasteiger partial charge is 0.478 e.